The molecule has 3 rings (SSSR count). The van der Waals surface area contributed by atoms with Crippen LogP contribution >= 0.6 is 11.8 Å². The van der Waals surface area contributed by atoms with Crippen molar-refractivity contribution in [2.24, 2.45) is 0 Å². The zero-order valence-electron chi connectivity index (χ0n) is 10.5. The van der Waals surface area contributed by atoms with Crippen molar-refractivity contribution < 1.29 is 9.59 Å². The third-order valence-electron chi connectivity index (χ3n) is 2.94. The van der Waals surface area contributed by atoms with Crippen molar-refractivity contribution >= 4 is 23.7 Å². The van der Waals surface area contributed by atoms with Crippen LogP contribution < -0.4 is 10.6 Å². The zero-order chi connectivity index (χ0) is 14.1. The van der Waals surface area contributed by atoms with Crippen molar-refractivity contribution in [1.29, 1.82) is 0 Å². The number of nitrogens with one attached hydrogen (secondary N) is 3. The highest BCUT2D eigenvalue weighted by atomic mass is 32.2. The van der Waals surface area contributed by atoms with E-state index in [-0.39, 0.29) is 5.91 Å². The van der Waals surface area contributed by atoms with E-state index in [0.29, 0.717) is 11.0 Å². The standard InChI is InChI=1S/C12H11N5O2S/c1-20-12-14-9(16-17-12)7-4-2-6(3-5-7)8-10(18)15-11(19)13-8/h2-5,8H,1H3,(H,14,16,17)(H2,13,15,18,19)/t8-/m0/s1. The minimum Gasteiger partial charge on any atom is -0.322 e. The minimum atomic E-state index is -0.631. The van der Waals surface area contributed by atoms with Crippen LogP contribution in [0, 0.1) is 0 Å². The van der Waals surface area contributed by atoms with Gasteiger partial charge in [0.05, 0.1) is 0 Å². The van der Waals surface area contributed by atoms with Crippen LogP contribution in [0.2, 0.25) is 0 Å². The Balaban J connectivity index is 1.84. The second kappa shape index (κ2) is 4.97. The molecule has 2 heterocycles. The third kappa shape index (κ3) is 2.25. The van der Waals surface area contributed by atoms with Crippen LogP contribution in [0.1, 0.15) is 11.6 Å². The van der Waals surface area contributed by atoms with Gasteiger partial charge in [-0.2, -0.15) is 0 Å². The molecule has 0 spiro atoms. The number of nitrogens with zero attached hydrogens (tertiary/aromatic N) is 2. The molecule has 7 nitrogen and oxygen atoms in total. The van der Waals surface area contributed by atoms with Crippen LogP contribution in [-0.2, 0) is 4.79 Å². The summed E-state index contributed by atoms with van der Waals surface area (Å²) in [6.07, 6.45) is 1.90. The fourth-order valence-electron chi connectivity index (χ4n) is 1.95. The first-order valence-corrected chi connectivity index (χ1v) is 7.08. The van der Waals surface area contributed by atoms with E-state index in [9.17, 15) is 9.59 Å². The highest BCUT2D eigenvalue weighted by Gasteiger charge is 2.30. The van der Waals surface area contributed by atoms with Gasteiger partial charge in [-0.25, -0.2) is 9.78 Å². The lowest BCUT2D eigenvalue weighted by Gasteiger charge is -2.07. The number of hydrogen-bond donors (Lipinski definition) is 3. The summed E-state index contributed by atoms with van der Waals surface area (Å²) in [5, 5.41) is 12.3. The molecule has 1 atom stereocenters. The molecule has 0 unspecified atom stereocenters. The van der Waals surface area contributed by atoms with Crippen molar-refractivity contribution in [1.82, 2.24) is 25.8 Å². The number of thioether (sulfide) groups is 1. The molecule has 2 aromatic rings. The summed E-state index contributed by atoms with van der Waals surface area (Å²) in [7, 11) is 0. The van der Waals surface area contributed by atoms with E-state index >= 15 is 0 Å². The Bertz CT molecular complexity index is 667. The van der Waals surface area contributed by atoms with Crippen LogP contribution in [0.3, 0.4) is 0 Å². The largest absolute Gasteiger partial charge is 0.322 e. The first kappa shape index (κ1) is 12.7. The SMILES string of the molecule is CSc1n[nH]c(-c2ccc([C@@H]3NC(=O)NC3=O)cc2)n1. The molecule has 1 aliphatic rings. The quantitative estimate of drug-likeness (QED) is 0.580. The van der Waals surface area contributed by atoms with Crippen molar-refractivity contribution in [3.8, 4) is 11.4 Å². The van der Waals surface area contributed by atoms with Crippen molar-refractivity contribution in [3.05, 3.63) is 29.8 Å². The van der Waals surface area contributed by atoms with E-state index in [1.807, 2.05) is 18.4 Å². The monoisotopic (exact) mass is 289 g/mol. The second-order valence-corrected chi connectivity index (χ2v) is 4.96. The Morgan fingerprint density at radius 3 is 2.50 bits per heavy atom. The number of hydrogen-bond acceptors (Lipinski definition) is 5. The lowest BCUT2D eigenvalue weighted by atomic mass is 10.0. The number of imide groups is 1. The molecule has 0 bridgehead atoms. The smallest absolute Gasteiger partial charge is 0.322 e. The molecule has 0 radical (unpaired) electrons. The molecule has 0 aliphatic carbocycles. The molecular formula is C12H11N5O2S. The van der Waals surface area contributed by atoms with Gasteiger partial charge in [0.25, 0.3) is 5.91 Å². The zero-order valence-corrected chi connectivity index (χ0v) is 11.3. The van der Waals surface area contributed by atoms with Crippen LogP contribution in [0.5, 0.6) is 0 Å². The number of amides is 3. The van der Waals surface area contributed by atoms with Gasteiger partial charge in [0.2, 0.25) is 5.16 Å². The maximum Gasteiger partial charge on any atom is 0.322 e. The Labute approximate surface area is 118 Å². The lowest BCUT2D eigenvalue weighted by molar-refractivity contribution is -0.120. The normalized spacial score (nSPS) is 17.9. The molecule has 1 aromatic heterocycles. The highest BCUT2D eigenvalue weighted by Crippen LogP contribution is 2.22. The number of H-pyrrole nitrogens is 1. The average molecular weight is 289 g/mol. The summed E-state index contributed by atoms with van der Waals surface area (Å²) in [5.41, 5.74) is 1.59. The molecule has 1 aromatic carbocycles. The first-order chi connectivity index (χ1) is 9.67. The number of carbonyl (C=O) groups is 2. The molecule has 1 saturated heterocycles. The van der Waals surface area contributed by atoms with Crippen LogP contribution in [0.15, 0.2) is 29.4 Å². The fraction of sp³-hybridized carbons (Fsp3) is 0.167. The number of aromatic amines is 1. The predicted molar refractivity (Wildman–Crippen MR) is 73.0 cm³/mol. The van der Waals surface area contributed by atoms with E-state index in [0.717, 1.165) is 11.1 Å². The number of aromatic nitrogens is 3. The lowest BCUT2D eigenvalue weighted by Crippen LogP contribution is -2.22. The molecule has 3 amide bonds. The number of urea groups is 1. The van der Waals surface area contributed by atoms with Crippen molar-refractivity contribution in [2.45, 2.75) is 11.2 Å². The summed E-state index contributed by atoms with van der Waals surface area (Å²) in [6, 6.07) is 6.13. The Morgan fingerprint density at radius 2 is 1.95 bits per heavy atom. The minimum absolute atomic E-state index is 0.341. The van der Waals surface area contributed by atoms with Gasteiger partial charge in [0, 0.05) is 5.56 Å². The van der Waals surface area contributed by atoms with E-state index in [1.54, 1.807) is 12.1 Å². The van der Waals surface area contributed by atoms with Gasteiger partial charge in [-0.05, 0) is 11.8 Å². The molecule has 20 heavy (non-hydrogen) atoms. The maximum atomic E-state index is 11.6. The molecule has 1 aliphatic heterocycles. The van der Waals surface area contributed by atoms with Gasteiger partial charge < -0.3 is 5.32 Å². The van der Waals surface area contributed by atoms with E-state index < -0.39 is 12.1 Å². The average Bonchev–Trinajstić information content (AvgIpc) is 3.05. The topological polar surface area (TPSA) is 99.8 Å². The van der Waals surface area contributed by atoms with Crippen LogP contribution in [0.25, 0.3) is 11.4 Å². The molecule has 3 N–H and O–H groups in total. The van der Waals surface area contributed by atoms with Gasteiger partial charge in [-0.1, -0.05) is 36.0 Å². The summed E-state index contributed by atoms with van der Waals surface area (Å²) >= 11 is 1.45. The Hall–Kier alpha value is -2.35. The maximum absolute atomic E-state index is 11.6. The van der Waals surface area contributed by atoms with Crippen molar-refractivity contribution in [3.63, 3.8) is 0 Å². The van der Waals surface area contributed by atoms with Gasteiger partial charge >= 0.3 is 6.03 Å². The number of carbonyl (C=O) groups excluding carboxylic acids is 2. The van der Waals surface area contributed by atoms with Crippen LogP contribution in [-0.4, -0.2) is 33.4 Å². The summed E-state index contributed by atoms with van der Waals surface area (Å²) < 4.78 is 0. The highest BCUT2D eigenvalue weighted by molar-refractivity contribution is 7.98. The van der Waals surface area contributed by atoms with Gasteiger partial charge in [-0.3, -0.25) is 15.2 Å². The molecular weight excluding hydrogens is 278 g/mol. The second-order valence-electron chi connectivity index (χ2n) is 4.19. The van der Waals surface area contributed by atoms with Gasteiger partial charge in [0.1, 0.15) is 6.04 Å². The molecule has 0 saturated carbocycles. The third-order valence-corrected chi connectivity index (χ3v) is 3.49. The predicted octanol–water partition coefficient (Wildman–Crippen LogP) is 1.07. The Kier molecular flexibility index (Phi) is 3.15. The van der Waals surface area contributed by atoms with E-state index in [4.69, 9.17) is 0 Å². The summed E-state index contributed by atoms with van der Waals surface area (Å²) in [5.74, 6) is 0.327. The Morgan fingerprint density at radius 1 is 1.20 bits per heavy atom. The van der Waals surface area contributed by atoms with E-state index in [1.165, 1.54) is 11.8 Å². The fourth-order valence-corrected chi connectivity index (χ4v) is 2.27. The molecule has 102 valence electrons. The van der Waals surface area contributed by atoms with Gasteiger partial charge in [0.15, 0.2) is 5.82 Å². The van der Waals surface area contributed by atoms with Crippen LogP contribution in [0.4, 0.5) is 4.79 Å². The number of rotatable bonds is 3. The molecule has 8 heteroatoms. The van der Waals surface area contributed by atoms with E-state index in [2.05, 4.69) is 25.8 Å². The molecule has 1 fully saturated rings. The first-order valence-electron chi connectivity index (χ1n) is 5.85. The summed E-state index contributed by atoms with van der Waals surface area (Å²) in [4.78, 5) is 26.9. The van der Waals surface area contributed by atoms with Gasteiger partial charge in [-0.15, -0.1) is 5.10 Å². The summed E-state index contributed by atoms with van der Waals surface area (Å²) in [6.45, 7) is 0. The number of benzene rings is 1. The van der Waals surface area contributed by atoms with Crippen molar-refractivity contribution in [2.75, 3.05) is 6.26 Å².